The van der Waals surface area contributed by atoms with Crippen LogP contribution in [0.2, 0.25) is 0 Å². The highest BCUT2D eigenvalue weighted by atomic mass is 32.2. The predicted molar refractivity (Wildman–Crippen MR) is 137 cm³/mol. The number of furan rings is 1. The standard InChI is InChI=1S/C28H29NO5S/c1-18-9-12-22(13-10-18)35(30,31)29-24-17-27(33-5)26(32-4)16-23(24)28(25-14-11-20(3)34-25)21-8-6-7-19(2)15-21/h6-17,28-29H,1-5H3. The fourth-order valence-corrected chi connectivity index (χ4v) is 5.18. The highest BCUT2D eigenvalue weighted by molar-refractivity contribution is 7.92. The molecule has 1 aromatic heterocycles. The van der Waals surface area contributed by atoms with Gasteiger partial charge >= 0.3 is 0 Å². The number of aryl methyl sites for hydroxylation is 3. The molecule has 0 aliphatic heterocycles. The van der Waals surface area contributed by atoms with Crippen molar-refractivity contribution >= 4 is 15.7 Å². The van der Waals surface area contributed by atoms with Crippen LogP contribution in [0.4, 0.5) is 5.69 Å². The Balaban J connectivity index is 1.94. The van der Waals surface area contributed by atoms with Gasteiger partial charge in [-0.1, -0.05) is 47.5 Å². The van der Waals surface area contributed by atoms with Crippen molar-refractivity contribution in [1.82, 2.24) is 0 Å². The molecule has 3 aromatic carbocycles. The Kier molecular flexibility index (Phi) is 6.89. The van der Waals surface area contributed by atoms with Gasteiger partial charge < -0.3 is 13.9 Å². The Morgan fingerprint density at radius 2 is 1.49 bits per heavy atom. The molecule has 1 unspecified atom stereocenters. The average Bonchev–Trinajstić information content (AvgIpc) is 3.25. The third kappa shape index (κ3) is 5.20. The Morgan fingerprint density at radius 3 is 2.09 bits per heavy atom. The molecule has 0 aliphatic rings. The zero-order chi connectivity index (χ0) is 25.2. The zero-order valence-electron chi connectivity index (χ0n) is 20.5. The van der Waals surface area contributed by atoms with E-state index in [0.29, 0.717) is 28.5 Å². The summed E-state index contributed by atoms with van der Waals surface area (Å²) < 4.78 is 46.7. The summed E-state index contributed by atoms with van der Waals surface area (Å²) >= 11 is 0. The highest BCUT2D eigenvalue weighted by Crippen LogP contribution is 2.43. The number of benzene rings is 3. The molecule has 182 valence electrons. The van der Waals surface area contributed by atoms with Crippen LogP contribution in [0.15, 0.2) is 82.1 Å². The van der Waals surface area contributed by atoms with Crippen molar-refractivity contribution in [3.63, 3.8) is 0 Å². The van der Waals surface area contributed by atoms with E-state index >= 15 is 0 Å². The van der Waals surface area contributed by atoms with Crippen LogP contribution >= 0.6 is 0 Å². The molecular formula is C28H29NO5S. The van der Waals surface area contributed by atoms with E-state index in [-0.39, 0.29) is 10.8 Å². The Hall–Kier alpha value is -3.71. The van der Waals surface area contributed by atoms with Crippen LogP contribution < -0.4 is 14.2 Å². The normalized spacial score (nSPS) is 12.3. The second kappa shape index (κ2) is 9.88. The molecule has 1 N–H and O–H groups in total. The van der Waals surface area contributed by atoms with Crippen molar-refractivity contribution in [2.24, 2.45) is 0 Å². The quantitative estimate of drug-likeness (QED) is 0.317. The lowest BCUT2D eigenvalue weighted by Gasteiger charge is -2.23. The highest BCUT2D eigenvalue weighted by Gasteiger charge is 2.27. The van der Waals surface area contributed by atoms with Crippen molar-refractivity contribution in [2.75, 3.05) is 18.9 Å². The summed E-state index contributed by atoms with van der Waals surface area (Å²) in [6, 6.07) is 22.0. The number of nitrogens with one attached hydrogen (secondary N) is 1. The first-order chi connectivity index (χ1) is 16.7. The van der Waals surface area contributed by atoms with Crippen LogP contribution in [0, 0.1) is 20.8 Å². The summed E-state index contributed by atoms with van der Waals surface area (Å²) in [7, 11) is -0.805. The first kappa shape index (κ1) is 24.4. The molecule has 0 fully saturated rings. The molecule has 4 aromatic rings. The number of hydrogen-bond acceptors (Lipinski definition) is 5. The number of ether oxygens (including phenoxy) is 2. The molecule has 0 bridgehead atoms. The molecule has 0 saturated heterocycles. The minimum atomic E-state index is -3.87. The van der Waals surface area contributed by atoms with E-state index in [1.165, 1.54) is 7.11 Å². The van der Waals surface area contributed by atoms with Gasteiger partial charge in [-0.2, -0.15) is 0 Å². The maximum absolute atomic E-state index is 13.4. The number of sulfonamides is 1. The largest absolute Gasteiger partial charge is 0.493 e. The van der Waals surface area contributed by atoms with E-state index in [9.17, 15) is 8.42 Å². The van der Waals surface area contributed by atoms with E-state index in [1.54, 1.807) is 43.5 Å². The summed E-state index contributed by atoms with van der Waals surface area (Å²) in [6.45, 7) is 5.81. The molecule has 35 heavy (non-hydrogen) atoms. The molecule has 0 amide bonds. The van der Waals surface area contributed by atoms with Crippen molar-refractivity contribution in [1.29, 1.82) is 0 Å². The summed E-state index contributed by atoms with van der Waals surface area (Å²) in [5.74, 6) is 1.97. The number of methoxy groups -OCH3 is 2. The van der Waals surface area contributed by atoms with Crippen LogP contribution in [0.5, 0.6) is 11.5 Å². The van der Waals surface area contributed by atoms with E-state index in [0.717, 1.165) is 22.5 Å². The third-order valence-corrected chi connectivity index (χ3v) is 7.24. The Bertz CT molecular complexity index is 1440. The van der Waals surface area contributed by atoms with Gasteiger partial charge in [-0.05, 0) is 62.2 Å². The van der Waals surface area contributed by atoms with Gasteiger partial charge in [0.15, 0.2) is 11.5 Å². The summed E-state index contributed by atoms with van der Waals surface area (Å²) in [6.07, 6.45) is 0. The fraction of sp³-hybridized carbons (Fsp3) is 0.214. The van der Waals surface area contributed by atoms with E-state index in [1.807, 2.05) is 51.1 Å². The molecule has 6 nitrogen and oxygen atoms in total. The summed E-state index contributed by atoms with van der Waals surface area (Å²) in [5, 5.41) is 0. The molecule has 0 aliphatic carbocycles. The van der Waals surface area contributed by atoms with E-state index in [2.05, 4.69) is 10.8 Å². The van der Waals surface area contributed by atoms with Gasteiger partial charge in [0.1, 0.15) is 11.5 Å². The lowest BCUT2D eigenvalue weighted by Crippen LogP contribution is -2.16. The predicted octanol–water partition coefficient (Wildman–Crippen LogP) is 6.20. The van der Waals surface area contributed by atoms with Gasteiger partial charge in [0.2, 0.25) is 0 Å². The zero-order valence-corrected chi connectivity index (χ0v) is 21.3. The van der Waals surface area contributed by atoms with Crippen molar-refractivity contribution in [3.05, 3.63) is 107 Å². The first-order valence-electron chi connectivity index (χ1n) is 11.2. The van der Waals surface area contributed by atoms with Crippen LogP contribution in [-0.2, 0) is 10.0 Å². The summed E-state index contributed by atoms with van der Waals surface area (Å²) in [4.78, 5) is 0.171. The molecule has 0 saturated carbocycles. The van der Waals surface area contributed by atoms with Crippen LogP contribution in [0.1, 0.15) is 39.7 Å². The maximum Gasteiger partial charge on any atom is 0.261 e. The topological polar surface area (TPSA) is 77.8 Å². The van der Waals surface area contributed by atoms with Gasteiger partial charge in [-0.25, -0.2) is 8.42 Å². The Labute approximate surface area is 206 Å². The van der Waals surface area contributed by atoms with Gasteiger partial charge in [0, 0.05) is 6.07 Å². The third-order valence-electron chi connectivity index (χ3n) is 5.86. The lowest BCUT2D eigenvalue weighted by atomic mass is 9.87. The van der Waals surface area contributed by atoms with Gasteiger partial charge in [0.25, 0.3) is 10.0 Å². The number of hydrogen-bond donors (Lipinski definition) is 1. The van der Waals surface area contributed by atoms with Crippen molar-refractivity contribution in [3.8, 4) is 11.5 Å². The minimum absolute atomic E-state index is 0.171. The van der Waals surface area contributed by atoms with E-state index in [4.69, 9.17) is 13.9 Å². The molecular weight excluding hydrogens is 462 g/mol. The summed E-state index contributed by atoms with van der Waals surface area (Å²) in [5.41, 5.74) is 4.07. The van der Waals surface area contributed by atoms with Crippen molar-refractivity contribution < 1.29 is 22.3 Å². The van der Waals surface area contributed by atoms with Gasteiger partial charge in [0.05, 0.1) is 30.7 Å². The molecule has 1 heterocycles. The smallest absolute Gasteiger partial charge is 0.261 e. The molecule has 0 radical (unpaired) electrons. The van der Waals surface area contributed by atoms with Crippen molar-refractivity contribution in [2.45, 2.75) is 31.6 Å². The number of anilines is 1. The monoisotopic (exact) mass is 491 g/mol. The number of rotatable bonds is 8. The molecule has 0 spiro atoms. The maximum atomic E-state index is 13.4. The van der Waals surface area contributed by atoms with Crippen LogP contribution in [0.3, 0.4) is 0 Å². The minimum Gasteiger partial charge on any atom is -0.493 e. The first-order valence-corrected chi connectivity index (χ1v) is 12.7. The van der Waals surface area contributed by atoms with Gasteiger partial charge in [-0.3, -0.25) is 4.72 Å². The molecule has 4 rings (SSSR count). The lowest BCUT2D eigenvalue weighted by molar-refractivity contribution is 0.354. The average molecular weight is 492 g/mol. The molecule has 7 heteroatoms. The SMILES string of the molecule is COc1cc(NS(=O)(=O)c2ccc(C)cc2)c(C(c2cccc(C)c2)c2ccc(C)o2)cc1OC. The second-order valence-electron chi connectivity index (χ2n) is 8.51. The molecule has 1 atom stereocenters. The second-order valence-corrected chi connectivity index (χ2v) is 10.2. The van der Waals surface area contributed by atoms with Crippen LogP contribution in [-0.4, -0.2) is 22.6 Å². The fourth-order valence-electron chi connectivity index (χ4n) is 4.10. The van der Waals surface area contributed by atoms with Crippen LogP contribution in [0.25, 0.3) is 0 Å². The Morgan fingerprint density at radius 1 is 0.800 bits per heavy atom. The van der Waals surface area contributed by atoms with E-state index < -0.39 is 10.0 Å². The van der Waals surface area contributed by atoms with Gasteiger partial charge in [-0.15, -0.1) is 0 Å².